The molecule has 0 heterocycles. The minimum absolute atomic E-state index is 0.129. The van der Waals surface area contributed by atoms with E-state index in [1.165, 1.54) is 0 Å². The molecule has 2 amide bonds. The molecule has 0 bridgehead atoms. The summed E-state index contributed by atoms with van der Waals surface area (Å²) in [4.78, 5) is 21.7. The number of nitrogens with one attached hydrogen (secondary N) is 2. The van der Waals surface area contributed by atoms with Crippen LogP contribution in [0.3, 0.4) is 0 Å². The third-order valence-electron chi connectivity index (χ3n) is 2.98. The molecule has 0 aliphatic carbocycles. The maximum Gasteiger partial charge on any atom is 0.416 e. The smallest absolute Gasteiger partial charge is 0.416 e. The van der Waals surface area contributed by atoms with Crippen LogP contribution in [-0.4, -0.2) is 16.1 Å². The molecule has 0 radical (unpaired) electrons. The molecule has 2 aromatic rings. The Morgan fingerprint density at radius 2 is 1.76 bits per heavy atom. The molecule has 0 spiro atoms. The Morgan fingerprint density at radius 1 is 1.12 bits per heavy atom. The van der Waals surface area contributed by atoms with Crippen molar-refractivity contribution in [3.05, 3.63) is 57.1 Å². The summed E-state index contributed by atoms with van der Waals surface area (Å²) in [6.45, 7) is 0. The molecular formula is C14H9ClF3N3O4. The highest BCUT2D eigenvalue weighted by atomic mass is 35.5. The van der Waals surface area contributed by atoms with Crippen molar-refractivity contribution >= 4 is 34.7 Å². The van der Waals surface area contributed by atoms with E-state index < -0.39 is 34.1 Å². The largest absolute Gasteiger partial charge is 0.506 e. The van der Waals surface area contributed by atoms with Gasteiger partial charge in [-0.25, -0.2) is 4.79 Å². The van der Waals surface area contributed by atoms with E-state index >= 15 is 0 Å². The van der Waals surface area contributed by atoms with Crippen molar-refractivity contribution in [1.29, 1.82) is 0 Å². The lowest BCUT2D eigenvalue weighted by Gasteiger charge is -2.12. The summed E-state index contributed by atoms with van der Waals surface area (Å²) in [6.07, 6.45) is -4.62. The van der Waals surface area contributed by atoms with E-state index in [1.54, 1.807) is 0 Å². The number of carbonyl (C=O) groups is 1. The molecule has 0 unspecified atom stereocenters. The van der Waals surface area contributed by atoms with E-state index in [4.69, 9.17) is 11.6 Å². The molecular weight excluding hydrogens is 367 g/mol. The number of alkyl halides is 3. The Hall–Kier alpha value is -3.01. The topological polar surface area (TPSA) is 104 Å². The van der Waals surface area contributed by atoms with E-state index in [2.05, 4.69) is 10.6 Å². The first-order chi connectivity index (χ1) is 11.6. The van der Waals surface area contributed by atoms with Crippen LogP contribution in [0.2, 0.25) is 5.02 Å². The van der Waals surface area contributed by atoms with Crippen LogP contribution in [0.15, 0.2) is 36.4 Å². The highest BCUT2D eigenvalue weighted by Gasteiger charge is 2.31. The lowest BCUT2D eigenvalue weighted by molar-refractivity contribution is -0.384. The lowest BCUT2D eigenvalue weighted by Crippen LogP contribution is -2.20. The quantitative estimate of drug-likeness (QED) is 0.413. The number of carbonyl (C=O) groups excluding carboxylic acids is 1. The molecule has 0 aliphatic rings. The summed E-state index contributed by atoms with van der Waals surface area (Å²) in [5, 5.41) is 24.3. The molecule has 132 valence electrons. The number of aromatic hydroxyl groups is 1. The van der Waals surface area contributed by atoms with Gasteiger partial charge in [0.25, 0.3) is 5.69 Å². The molecule has 3 N–H and O–H groups in total. The first kappa shape index (κ1) is 18.3. The van der Waals surface area contributed by atoms with Crippen molar-refractivity contribution in [3.63, 3.8) is 0 Å². The van der Waals surface area contributed by atoms with Crippen molar-refractivity contribution in [2.75, 3.05) is 10.6 Å². The molecule has 25 heavy (non-hydrogen) atoms. The number of non-ortho nitro benzene ring substituents is 1. The van der Waals surface area contributed by atoms with Gasteiger partial charge in [0, 0.05) is 6.07 Å². The summed E-state index contributed by atoms with van der Waals surface area (Å²) >= 11 is 5.75. The fourth-order valence-corrected chi connectivity index (χ4v) is 1.98. The van der Waals surface area contributed by atoms with Gasteiger partial charge in [-0.1, -0.05) is 11.6 Å². The summed E-state index contributed by atoms with van der Waals surface area (Å²) in [5.74, 6) is -0.584. The number of urea groups is 1. The number of nitro groups is 1. The van der Waals surface area contributed by atoms with Gasteiger partial charge >= 0.3 is 12.2 Å². The number of nitro benzene ring substituents is 1. The van der Waals surface area contributed by atoms with Gasteiger partial charge in [0.2, 0.25) is 0 Å². The molecule has 0 saturated heterocycles. The Kier molecular flexibility index (Phi) is 5.02. The average Bonchev–Trinajstić information content (AvgIpc) is 2.50. The van der Waals surface area contributed by atoms with Gasteiger partial charge in [-0.05, 0) is 24.3 Å². The van der Waals surface area contributed by atoms with Crippen LogP contribution in [0.4, 0.5) is 35.0 Å². The number of nitrogens with zero attached hydrogens (tertiary/aromatic N) is 1. The fraction of sp³-hybridized carbons (Fsp3) is 0.0714. The molecule has 0 saturated carbocycles. The molecule has 11 heteroatoms. The van der Waals surface area contributed by atoms with Crippen LogP contribution in [0, 0.1) is 10.1 Å². The Labute approximate surface area is 143 Å². The number of anilines is 2. The molecule has 2 rings (SSSR count). The summed E-state index contributed by atoms with van der Waals surface area (Å²) in [6, 6.07) is 4.31. The highest BCUT2D eigenvalue weighted by molar-refractivity contribution is 6.33. The van der Waals surface area contributed by atoms with Gasteiger partial charge in [-0.15, -0.1) is 0 Å². The van der Waals surface area contributed by atoms with Crippen LogP contribution in [0.25, 0.3) is 0 Å². The average molecular weight is 376 g/mol. The maximum atomic E-state index is 12.7. The predicted octanol–water partition coefficient (Wildman–Crippen LogP) is 4.62. The number of rotatable bonds is 3. The standard InChI is InChI=1S/C14H9ClF3N3O4/c15-9-3-1-7(14(16,17)18)5-11(9)20-13(23)19-10-4-2-8(21(24)25)6-12(10)22/h1-6,22H,(H2,19,20,23). The van der Waals surface area contributed by atoms with E-state index in [9.17, 15) is 33.2 Å². The molecule has 7 nitrogen and oxygen atoms in total. The number of benzene rings is 2. The Bertz CT molecular complexity index is 843. The second kappa shape index (κ2) is 6.85. The number of hydrogen-bond acceptors (Lipinski definition) is 4. The number of phenolic OH excluding ortho intramolecular Hbond substituents is 1. The van der Waals surface area contributed by atoms with Gasteiger partial charge in [-0.3, -0.25) is 10.1 Å². The van der Waals surface area contributed by atoms with Crippen molar-refractivity contribution < 1.29 is 28.0 Å². The van der Waals surface area contributed by atoms with Crippen molar-refractivity contribution in [1.82, 2.24) is 0 Å². The Morgan fingerprint density at radius 3 is 2.32 bits per heavy atom. The SMILES string of the molecule is O=C(Nc1ccc([N+](=O)[O-])cc1O)Nc1cc(C(F)(F)F)ccc1Cl. The molecule has 2 aromatic carbocycles. The van der Waals surface area contributed by atoms with Gasteiger partial charge in [0.05, 0.1) is 33.0 Å². The van der Waals surface area contributed by atoms with Gasteiger partial charge in [0.1, 0.15) is 5.75 Å². The molecule has 0 aromatic heterocycles. The minimum atomic E-state index is -4.62. The summed E-state index contributed by atoms with van der Waals surface area (Å²) < 4.78 is 38.0. The van der Waals surface area contributed by atoms with Crippen LogP contribution >= 0.6 is 11.6 Å². The lowest BCUT2D eigenvalue weighted by atomic mass is 10.2. The number of amides is 2. The maximum absolute atomic E-state index is 12.7. The van der Waals surface area contributed by atoms with Crippen LogP contribution < -0.4 is 10.6 Å². The number of halogens is 4. The van der Waals surface area contributed by atoms with Crippen LogP contribution in [0.1, 0.15) is 5.56 Å². The summed E-state index contributed by atoms with van der Waals surface area (Å²) in [5.41, 5.74) is -1.88. The number of hydrogen-bond donors (Lipinski definition) is 3. The minimum Gasteiger partial charge on any atom is -0.506 e. The zero-order chi connectivity index (χ0) is 18.8. The van der Waals surface area contributed by atoms with E-state index in [-0.39, 0.29) is 16.4 Å². The molecule has 0 atom stereocenters. The van der Waals surface area contributed by atoms with Gasteiger partial charge in [-0.2, -0.15) is 13.2 Å². The first-order valence-electron chi connectivity index (χ1n) is 6.50. The van der Waals surface area contributed by atoms with Crippen LogP contribution in [0.5, 0.6) is 5.75 Å². The number of phenols is 1. The second-order valence-electron chi connectivity index (χ2n) is 4.73. The van der Waals surface area contributed by atoms with Crippen molar-refractivity contribution in [2.24, 2.45) is 0 Å². The predicted molar refractivity (Wildman–Crippen MR) is 83.9 cm³/mol. The highest BCUT2D eigenvalue weighted by Crippen LogP contribution is 2.34. The van der Waals surface area contributed by atoms with Gasteiger partial charge < -0.3 is 15.7 Å². The van der Waals surface area contributed by atoms with Crippen molar-refractivity contribution in [3.8, 4) is 5.75 Å². The van der Waals surface area contributed by atoms with Crippen LogP contribution in [-0.2, 0) is 6.18 Å². The molecule has 0 fully saturated rings. The molecule has 0 aliphatic heterocycles. The third kappa shape index (κ3) is 4.51. The van der Waals surface area contributed by atoms with Crippen molar-refractivity contribution in [2.45, 2.75) is 6.18 Å². The third-order valence-corrected chi connectivity index (χ3v) is 3.31. The first-order valence-corrected chi connectivity index (χ1v) is 6.88. The van der Waals surface area contributed by atoms with E-state index in [0.29, 0.717) is 6.07 Å². The monoisotopic (exact) mass is 375 g/mol. The summed E-state index contributed by atoms with van der Waals surface area (Å²) in [7, 11) is 0. The second-order valence-corrected chi connectivity index (χ2v) is 5.14. The zero-order valence-corrected chi connectivity index (χ0v) is 12.9. The van der Waals surface area contributed by atoms with Gasteiger partial charge in [0.15, 0.2) is 0 Å². The van der Waals surface area contributed by atoms with E-state index in [1.807, 2.05) is 0 Å². The van der Waals surface area contributed by atoms with E-state index in [0.717, 1.165) is 30.3 Å². The fourth-order valence-electron chi connectivity index (χ4n) is 1.81. The Balaban J connectivity index is 2.17. The zero-order valence-electron chi connectivity index (χ0n) is 12.1. The normalized spacial score (nSPS) is 11.0.